The van der Waals surface area contributed by atoms with Gasteiger partial charge in [-0.25, -0.2) is 8.78 Å². The minimum atomic E-state index is -0.689. The molecule has 1 unspecified atom stereocenters. The van der Waals surface area contributed by atoms with Crippen molar-refractivity contribution in [2.75, 3.05) is 19.6 Å². The Bertz CT molecular complexity index is 605. The van der Waals surface area contributed by atoms with Crippen LogP contribution in [0.3, 0.4) is 0 Å². The summed E-state index contributed by atoms with van der Waals surface area (Å²) in [6, 6.07) is 2.71. The monoisotopic (exact) mass is 294 g/mol. The third kappa shape index (κ3) is 3.25. The maximum Gasteiger partial charge on any atom is 0.258 e. The van der Waals surface area contributed by atoms with Crippen LogP contribution < -0.4 is 5.73 Å². The normalized spacial score (nSPS) is 17.3. The highest BCUT2D eigenvalue weighted by atomic mass is 19.1. The zero-order chi connectivity index (χ0) is 14.8. The SMILES string of the molecule is NC(CN1CCCC1)c1noc(-c2cc(F)cc(F)c2)n1. The van der Waals surface area contributed by atoms with E-state index in [1.54, 1.807) is 0 Å². The van der Waals surface area contributed by atoms with Crippen molar-refractivity contribution in [3.63, 3.8) is 0 Å². The Balaban J connectivity index is 1.75. The molecule has 7 heteroatoms. The first-order valence-corrected chi connectivity index (χ1v) is 6.90. The van der Waals surface area contributed by atoms with E-state index in [4.69, 9.17) is 10.3 Å². The van der Waals surface area contributed by atoms with Gasteiger partial charge in [-0.15, -0.1) is 0 Å². The molecule has 0 amide bonds. The lowest BCUT2D eigenvalue weighted by molar-refractivity contribution is 0.306. The molecule has 1 fully saturated rings. The van der Waals surface area contributed by atoms with Crippen molar-refractivity contribution in [3.8, 4) is 11.5 Å². The largest absolute Gasteiger partial charge is 0.334 e. The molecular weight excluding hydrogens is 278 g/mol. The average molecular weight is 294 g/mol. The van der Waals surface area contributed by atoms with Gasteiger partial charge in [0.25, 0.3) is 5.89 Å². The maximum atomic E-state index is 13.2. The van der Waals surface area contributed by atoms with Gasteiger partial charge in [-0.1, -0.05) is 5.16 Å². The number of hydrogen-bond acceptors (Lipinski definition) is 5. The van der Waals surface area contributed by atoms with Gasteiger partial charge in [0.2, 0.25) is 0 Å². The minimum Gasteiger partial charge on any atom is -0.334 e. The van der Waals surface area contributed by atoms with Crippen molar-refractivity contribution in [2.45, 2.75) is 18.9 Å². The number of halogens is 2. The van der Waals surface area contributed by atoms with Crippen molar-refractivity contribution >= 4 is 0 Å². The first-order chi connectivity index (χ1) is 10.1. The van der Waals surface area contributed by atoms with E-state index in [0.29, 0.717) is 12.4 Å². The molecule has 0 aliphatic carbocycles. The fourth-order valence-electron chi connectivity index (χ4n) is 2.51. The average Bonchev–Trinajstić information content (AvgIpc) is 3.08. The smallest absolute Gasteiger partial charge is 0.258 e. The minimum absolute atomic E-state index is 0.0697. The van der Waals surface area contributed by atoms with Crippen LogP contribution >= 0.6 is 0 Å². The van der Waals surface area contributed by atoms with E-state index in [9.17, 15) is 8.78 Å². The first kappa shape index (κ1) is 14.1. The number of hydrogen-bond donors (Lipinski definition) is 1. The van der Waals surface area contributed by atoms with Crippen molar-refractivity contribution in [2.24, 2.45) is 5.73 Å². The summed E-state index contributed by atoms with van der Waals surface area (Å²) in [4.78, 5) is 6.38. The van der Waals surface area contributed by atoms with Gasteiger partial charge in [0.1, 0.15) is 11.6 Å². The van der Waals surface area contributed by atoms with Crippen LogP contribution in [0.25, 0.3) is 11.5 Å². The molecule has 0 spiro atoms. The summed E-state index contributed by atoms with van der Waals surface area (Å²) in [6.07, 6.45) is 2.35. The molecule has 5 nitrogen and oxygen atoms in total. The third-order valence-corrected chi connectivity index (χ3v) is 3.54. The summed E-state index contributed by atoms with van der Waals surface area (Å²) in [5.41, 5.74) is 6.26. The first-order valence-electron chi connectivity index (χ1n) is 6.90. The standard InChI is InChI=1S/C14H16F2N4O/c15-10-5-9(6-11(16)7-10)14-18-13(19-21-14)12(17)8-20-3-1-2-4-20/h5-7,12H,1-4,8,17H2. The molecule has 1 saturated heterocycles. The Morgan fingerprint density at radius 1 is 1.19 bits per heavy atom. The zero-order valence-electron chi connectivity index (χ0n) is 11.4. The van der Waals surface area contributed by atoms with Crippen LogP contribution in [0.5, 0.6) is 0 Å². The third-order valence-electron chi connectivity index (χ3n) is 3.54. The predicted octanol–water partition coefficient (Wildman–Crippen LogP) is 2.11. The number of benzene rings is 1. The van der Waals surface area contributed by atoms with Crippen molar-refractivity contribution < 1.29 is 13.3 Å². The van der Waals surface area contributed by atoms with Crippen LogP contribution in [-0.2, 0) is 0 Å². The lowest BCUT2D eigenvalue weighted by atomic mass is 10.2. The molecule has 1 aliphatic heterocycles. The Kier molecular flexibility index (Phi) is 3.94. The van der Waals surface area contributed by atoms with Gasteiger partial charge in [0, 0.05) is 18.2 Å². The van der Waals surface area contributed by atoms with Crippen LogP contribution in [-0.4, -0.2) is 34.7 Å². The summed E-state index contributed by atoms with van der Waals surface area (Å²) in [5.74, 6) is -0.959. The molecule has 0 radical (unpaired) electrons. The molecule has 21 heavy (non-hydrogen) atoms. The van der Waals surface area contributed by atoms with E-state index in [2.05, 4.69) is 15.0 Å². The van der Waals surface area contributed by atoms with E-state index < -0.39 is 11.6 Å². The summed E-state index contributed by atoms with van der Waals surface area (Å²) in [7, 11) is 0. The molecule has 0 bridgehead atoms. The highest BCUT2D eigenvalue weighted by Crippen LogP contribution is 2.21. The van der Waals surface area contributed by atoms with Gasteiger partial charge in [0.15, 0.2) is 5.82 Å². The Labute approximate surface area is 120 Å². The van der Waals surface area contributed by atoms with Crippen LogP contribution in [0.1, 0.15) is 24.7 Å². The molecule has 112 valence electrons. The maximum absolute atomic E-state index is 13.2. The molecule has 2 N–H and O–H groups in total. The van der Waals surface area contributed by atoms with Gasteiger partial charge in [-0.2, -0.15) is 4.98 Å². The second-order valence-electron chi connectivity index (χ2n) is 5.23. The molecule has 2 heterocycles. The second-order valence-corrected chi connectivity index (χ2v) is 5.23. The summed E-state index contributed by atoms with van der Waals surface area (Å²) in [6.45, 7) is 2.69. The quantitative estimate of drug-likeness (QED) is 0.935. The topological polar surface area (TPSA) is 68.2 Å². The molecule has 1 aromatic heterocycles. The fourth-order valence-corrected chi connectivity index (χ4v) is 2.51. The molecule has 0 saturated carbocycles. The predicted molar refractivity (Wildman–Crippen MR) is 72.3 cm³/mol. The van der Waals surface area contributed by atoms with Crippen LogP contribution in [0, 0.1) is 11.6 Å². The summed E-state index contributed by atoms with van der Waals surface area (Å²) >= 11 is 0. The summed E-state index contributed by atoms with van der Waals surface area (Å²) in [5, 5.41) is 3.81. The highest BCUT2D eigenvalue weighted by molar-refractivity contribution is 5.52. The lowest BCUT2D eigenvalue weighted by Gasteiger charge is -2.17. The highest BCUT2D eigenvalue weighted by Gasteiger charge is 2.20. The number of likely N-dealkylation sites (tertiary alicyclic amines) is 1. The van der Waals surface area contributed by atoms with Crippen LogP contribution in [0.4, 0.5) is 8.78 Å². The number of nitrogens with zero attached hydrogens (tertiary/aromatic N) is 3. The molecule has 1 atom stereocenters. The Hall–Kier alpha value is -1.86. The molecule has 2 aromatic rings. The van der Waals surface area contributed by atoms with Crippen molar-refractivity contribution in [1.82, 2.24) is 15.0 Å². The zero-order valence-corrected chi connectivity index (χ0v) is 11.4. The van der Waals surface area contributed by atoms with Gasteiger partial charge >= 0.3 is 0 Å². The van der Waals surface area contributed by atoms with E-state index in [1.807, 2.05) is 0 Å². The van der Waals surface area contributed by atoms with Crippen molar-refractivity contribution in [1.29, 1.82) is 0 Å². The molecule has 1 aliphatic rings. The van der Waals surface area contributed by atoms with Gasteiger partial charge in [0.05, 0.1) is 6.04 Å². The van der Waals surface area contributed by atoms with Gasteiger partial charge in [-0.05, 0) is 38.1 Å². The Morgan fingerprint density at radius 2 is 1.86 bits per heavy atom. The number of nitrogens with two attached hydrogens (primary N) is 1. The van der Waals surface area contributed by atoms with Gasteiger partial charge < -0.3 is 15.2 Å². The summed E-state index contributed by atoms with van der Waals surface area (Å²) < 4.78 is 31.4. The fraction of sp³-hybridized carbons (Fsp3) is 0.429. The van der Waals surface area contributed by atoms with Crippen LogP contribution in [0.15, 0.2) is 22.7 Å². The van der Waals surface area contributed by atoms with E-state index in [1.165, 1.54) is 12.8 Å². The van der Waals surface area contributed by atoms with Crippen LogP contribution in [0.2, 0.25) is 0 Å². The number of rotatable bonds is 4. The van der Waals surface area contributed by atoms with Crippen molar-refractivity contribution in [3.05, 3.63) is 35.7 Å². The number of aromatic nitrogens is 2. The van der Waals surface area contributed by atoms with E-state index in [0.717, 1.165) is 31.3 Å². The lowest BCUT2D eigenvalue weighted by Crippen LogP contribution is -2.30. The molecular formula is C14H16F2N4O. The van der Waals surface area contributed by atoms with E-state index in [-0.39, 0.29) is 17.5 Å². The molecule has 1 aromatic carbocycles. The second kappa shape index (κ2) is 5.87. The Morgan fingerprint density at radius 3 is 2.52 bits per heavy atom. The molecule has 3 rings (SSSR count). The van der Waals surface area contributed by atoms with Gasteiger partial charge in [-0.3, -0.25) is 0 Å². The van der Waals surface area contributed by atoms with E-state index >= 15 is 0 Å².